The molecular formula is C13H19ClN2O2. The van der Waals surface area contributed by atoms with E-state index >= 15 is 0 Å². The van der Waals surface area contributed by atoms with E-state index in [4.69, 9.17) is 11.6 Å². The van der Waals surface area contributed by atoms with Crippen LogP contribution in [0.1, 0.15) is 35.6 Å². The van der Waals surface area contributed by atoms with E-state index in [2.05, 4.69) is 5.32 Å². The molecule has 0 saturated carbocycles. The van der Waals surface area contributed by atoms with Gasteiger partial charge in [0.2, 0.25) is 5.91 Å². The Bertz CT molecular complexity index is 464. The highest BCUT2D eigenvalue weighted by Gasteiger charge is 2.16. The second-order valence-corrected chi connectivity index (χ2v) is 4.92. The number of nitrogens with one attached hydrogen (secondary N) is 1. The summed E-state index contributed by atoms with van der Waals surface area (Å²) >= 11 is 5.56. The number of alkyl halides is 1. The second kappa shape index (κ2) is 6.05. The number of amides is 1. The highest BCUT2D eigenvalue weighted by Crippen LogP contribution is 2.16. The van der Waals surface area contributed by atoms with E-state index in [1.54, 1.807) is 6.07 Å². The molecule has 0 aliphatic carbocycles. The van der Waals surface area contributed by atoms with Crippen LogP contribution in [-0.2, 0) is 11.3 Å². The fourth-order valence-electron chi connectivity index (χ4n) is 1.91. The predicted octanol–water partition coefficient (Wildman–Crippen LogP) is 2.05. The van der Waals surface area contributed by atoms with E-state index in [1.165, 1.54) is 0 Å². The first-order valence-electron chi connectivity index (χ1n) is 5.92. The quantitative estimate of drug-likeness (QED) is 0.658. The smallest absolute Gasteiger partial charge is 0.240 e. The third kappa shape index (κ3) is 3.35. The van der Waals surface area contributed by atoms with Crippen LogP contribution in [0.2, 0.25) is 0 Å². The van der Waals surface area contributed by atoms with Crippen LogP contribution in [0.4, 0.5) is 0 Å². The summed E-state index contributed by atoms with van der Waals surface area (Å²) in [5.74, 6) is -0.209. The lowest BCUT2D eigenvalue weighted by molar-refractivity contribution is -0.122. The molecule has 1 N–H and O–H groups in total. The van der Waals surface area contributed by atoms with Gasteiger partial charge in [-0.05, 0) is 33.8 Å². The van der Waals surface area contributed by atoms with Gasteiger partial charge < -0.3 is 9.88 Å². The van der Waals surface area contributed by atoms with Crippen LogP contribution >= 0.6 is 11.6 Å². The van der Waals surface area contributed by atoms with Crippen molar-refractivity contribution in [2.24, 2.45) is 0 Å². The van der Waals surface area contributed by atoms with E-state index in [1.807, 2.05) is 32.3 Å². The number of nitrogens with zero attached hydrogens (tertiary/aromatic N) is 1. The summed E-state index contributed by atoms with van der Waals surface area (Å²) in [5, 5.41) is 2.83. The number of aromatic nitrogens is 1. The van der Waals surface area contributed by atoms with E-state index in [-0.39, 0.29) is 30.2 Å². The van der Waals surface area contributed by atoms with Crippen molar-refractivity contribution >= 4 is 23.3 Å². The van der Waals surface area contributed by atoms with Crippen LogP contribution in [-0.4, -0.2) is 28.2 Å². The molecule has 1 aromatic rings. The lowest BCUT2D eigenvalue weighted by Crippen LogP contribution is -2.33. The van der Waals surface area contributed by atoms with E-state index in [0.29, 0.717) is 5.56 Å². The Hall–Kier alpha value is -1.29. The molecule has 1 amide bonds. The Morgan fingerprint density at radius 3 is 2.50 bits per heavy atom. The van der Waals surface area contributed by atoms with E-state index < -0.39 is 0 Å². The molecule has 1 rings (SSSR count). The first kappa shape index (κ1) is 14.8. The van der Waals surface area contributed by atoms with Gasteiger partial charge in [-0.15, -0.1) is 11.6 Å². The molecule has 0 radical (unpaired) electrons. The van der Waals surface area contributed by atoms with Crippen molar-refractivity contribution in [3.05, 3.63) is 23.0 Å². The van der Waals surface area contributed by atoms with Gasteiger partial charge in [-0.1, -0.05) is 0 Å². The second-order valence-electron chi connectivity index (χ2n) is 4.65. The minimum absolute atomic E-state index is 0.0392. The highest BCUT2D eigenvalue weighted by atomic mass is 35.5. The van der Waals surface area contributed by atoms with Crippen molar-refractivity contribution in [3.8, 4) is 0 Å². The Labute approximate surface area is 112 Å². The number of Topliss-reactive ketones (excluding diaryl/α,β-unsaturated/α-hetero) is 1. The molecule has 0 aliphatic rings. The largest absolute Gasteiger partial charge is 0.352 e. The molecule has 4 nitrogen and oxygen atoms in total. The van der Waals surface area contributed by atoms with Gasteiger partial charge in [0, 0.05) is 23.0 Å². The molecule has 0 saturated heterocycles. The molecule has 1 aromatic heterocycles. The van der Waals surface area contributed by atoms with Crippen LogP contribution in [0.3, 0.4) is 0 Å². The molecule has 100 valence electrons. The van der Waals surface area contributed by atoms with Gasteiger partial charge in [0.05, 0.1) is 5.88 Å². The van der Waals surface area contributed by atoms with Gasteiger partial charge in [0.25, 0.3) is 0 Å². The molecule has 1 heterocycles. The van der Waals surface area contributed by atoms with Crippen LogP contribution in [0.15, 0.2) is 6.07 Å². The van der Waals surface area contributed by atoms with Crippen LogP contribution in [0, 0.1) is 13.8 Å². The molecule has 5 heteroatoms. The zero-order valence-electron chi connectivity index (χ0n) is 11.2. The number of hydrogen-bond donors (Lipinski definition) is 1. The molecule has 0 bridgehead atoms. The maximum Gasteiger partial charge on any atom is 0.240 e. The molecule has 0 aromatic carbocycles. The van der Waals surface area contributed by atoms with Crippen molar-refractivity contribution in [3.63, 3.8) is 0 Å². The zero-order valence-corrected chi connectivity index (χ0v) is 12.0. The van der Waals surface area contributed by atoms with Crippen molar-refractivity contribution in [1.29, 1.82) is 0 Å². The van der Waals surface area contributed by atoms with Crippen LogP contribution in [0.5, 0.6) is 0 Å². The van der Waals surface area contributed by atoms with Crippen molar-refractivity contribution in [2.75, 3.05) is 5.88 Å². The number of rotatable bonds is 5. The third-order valence-corrected chi connectivity index (χ3v) is 2.99. The molecule has 0 fully saturated rings. The summed E-state index contributed by atoms with van der Waals surface area (Å²) in [7, 11) is 0. The van der Waals surface area contributed by atoms with Crippen molar-refractivity contribution in [2.45, 2.75) is 40.3 Å². The number of carbonyl (C=O) groups is 2. The molecule has 0 unspecified atom stereocenters. The Balaban J connectivity index is 2.93. The summed E-state index contributed by atoms with van der Waals surface area (Å²) in [6.45, 7) is 7.76. The summed E-state index contributed by atoms with van der Waals surface area (Å²) in [6.07, 6.45) is 0. The molecular weight excluding hydrogens is 252 g/mol. The molecule has 18 heavy (non-hydrogen) atoms. The lowest BCUT2D eigenvalue weighted by Gasteiger charge is -2.12. The molecule has 0 aliphatic heterocycles. The third-order valence-electron chi connectivity index (χ3n) is 2.75. The number of halogens is 1. The maximum absolute atomic E-state index is 11.7. The Morgan fingerprint density at radius 1 is 1.39 bits per heavy atom. The average molecular weight is 271 g/mol. The standard InChI is InChI=1S/C13H19ClN2O2/c1-8(2)15-13(18)7-16-9(3)5-11(10(16)4)12(17)6-14/h5,8H,6-7H2,1-4H3,(H,15,18). The predicted molar refractivity (Wildman–Crippen MR) is 72.2 cm³/mol. The fourth-order valence-corrected chi connectivity index (χ4v) is 2.05. The first-order valence-corrected chi connectivity index (χ1v) is 6.45. The van der Waals surface area contributed by atoms with Gasteiger partial charge in [-0.25, -0.2) is 0 Å². The van der Waals surface area contributed by atoms with Gasteiger partial charge in [-0.3, -0.25) is 9.59 Å². The van der Waals surface area contributed by atoms with Crippen LogP contribution < -0.4 is 5.32 Å². The van der Waals surface area contributed by atoms with Gasteiger partial charge in [0.15, 0.2) is 5.78 Å². The van der Waals surface area contributed by atoms with Gasteiger partial charge >= 0.3 is 0 Å². The summed E-state index contributed by atoms with van der Waals surface area (Å²) in [6, 6.07) is 1.89. The molecule has 0 spiro atoms. The average Bonchev–Trinajstić information content (AvgIpc) is 2.55. The highest BCUT2D eigenvalue weighted by molar-refractivity contribution is 6.30. The van der Waals surface area contributed by atoms with Gasteiger partial charge in [-0.2, -0.15) is 0 Å². The zero-order chi connectivity index (χ0) is 13.9. The number of hydrogen-bond acceptors (Lipinski definition) is 2. The Morgan fingerprint density at radius 2 is 2.00 bits per heavy atom. The summed E-state index contributed by atoms with van der Waals surface area (Å²) in [4.78, 5) is 23.4. The van der Waals surface area contributed by atoms with E-state index in [0.717, 1.165) is 11.4 Å². The number of carbonyl (C=O) groups excluding carboxylic acids is 2. The summed E-state index contributed by atoms with van der Waals surface area (Å²) in [5.41, 5.74) is 2.27. The fraction of sp³-hybridized carbons (Fsp3) is 0.538. The Kier molecular flexibility index (Phi) is 4.96. The SMILES string of the molecule is Cc1cc(C(=O)CCl)c(C)n1CC(=O)NC(C)C. The summed E-state index contributed by atoms with van der Waals surface area (Å²) < 4.78 is 1.83. The first-order chi connectivity index (χ1) is 8.36. The van der Waals surface area contributed by atoms with E-state index in [9.17, 15) is 9.59 Å². The molecule has 0 atom stereocenters. The lowest BCUT2D eigenvalue weighted by atomic mass is 10.2. The minimum atomic E-state index is -0.111. The monoisotopic (exact) mass is 270 g/mol. The van der Waals surface area contributed by atoms with Crippen LogP contribution in [0.25, 0.3) is 0 Å². The normalized spacial score (nSPS) is 10.8. The van der Waals surface area contributed by atoms with Crippen molar-refractivity contribution < 1.29 is 9.59 Å². The topological polar surface area (TPSA) is 51.1 Å². The number of ketones is 1. The van der Waals surface area contributed by atoms with Crippen molar-refractivity contribution in [1.82, 2.24) is 9.88 Å². The number of aryl methyl sites for hydroxylation is 1. The minimum Gasteiger partial charge on any atom is -0.352 e. The maximum atomic E-state index is 11.7. The van der Waals surface area contributed by atoms with Gasteiger partial charge in [0.1, 0.15) is 6.54 Å².